The fourth-order valence-electron chi connectivity index (χ4n) is 3.74. The number of carbonyl (C=O) groups excluding carboxylic acids is 3. The molecule has 2 aliphatic heterocycles. The number of imide groups is 1. The van der Waals surface area contributed by atoms with Crippen molar-refractivity contribution in [1.82, 2.24) is 20.9 Å². The molecule has 0 aromatic heterocycles. The Morgan fingerprint density at radius 1 is 1.26 bits per heavy atom. The van der Waals surface area contributed by atoms with Crippen LogP contribution in [0.25, 0.3) is 0 Å². The molecule has 0 spiro atoms. The largest absolute Gasteiger partial charge is 0.370 e. The Morgan fingerprint density at radius 2 is 2.03 bits per heavy atom. The molecule has 2 atom stereocenters. The molecule has 2 aromatic rings. The quantitative estimate of drug-likeness (QED) is 0.634. The van der Waals surface area contributed by atoms with E-state index in [4.69, 9.17) is 16.3 Å². The van der Waals surface area contributed by atoms with Crippen LogP contribution in [0.5, 0.6) is 0 Å². The normalized spacial score (nSPS) is 23.3. The Balaban J connectivity index is 1.38. The molecular formula is C22H23ClN4O4. The number of ether oxygens (including phenoxy) is 1. The van der Waals surface area contributed by atoms with Crippen molar-refractivity contribution in [2.45, 2.75) is 25.1 Å². The van der Waals surface area contributed by atoms with Crippen LogP contribution in [0.3, 0.4) is 0 Å². The highest BCUT2D eigenvalue weighted by Gasteiger charge is 2.43. The molecule has 0 radical (unpaired) electrons. The Bertz CT molecular complexity index is 1010. The van der Waals surface area contributed by atoms with E-state index < -0.39 is 17.5 Å². The number of benzene rings is 2. The minimum atomic E-state index is -1.13. The van der Waals surface area contributed by atoms with Crippen molar-refractivity contribution in [3.63, 3.8) is 0 Å². The Morgan fingerprint density at radius 3 is 2.74 bits per heavy atom. The third-order valence-corrected chi connectivity index (χ3v) is 5.84. The van der Waals surface area contributed by atoms with Gasteiger partial charge < -0.3 is 20.3 Å². The number of hydrogen-bond acceptors (Lipinski definition) is 4. The highest BCUT2D eigenvalue weighted by atomic mass is 35.5. The Kier molecular flexibility index (Phi) is 5.84. The average Bonchev–Trinajstić information content (AvgIpc) is 3.05. The van der Waals surface area contributed by atoms with Crippen molar-refractivity contribution in [1.29, 1.82) is 0 Å². The van der Waals surface area contributed by atoms with Gasteiger partial charge in [-0.25, -0.2) is 9.59 Å². The predicted molar refractivity (Wildman–Crippen MR) is 114 cm³/mol. The monoisotopic (exact) mass is 442 g/mol. The molecule has 2 aliphatic rings. The second-order valence-corrected chi connectivity index (χ2v) is 8.19. The molecular weight excluding hydrogens is 420 g/mol. The van der Waals surface area contributed by atoms with Gasteiger partial charge in [0.05, 0.1) is 13.2 Å². The third-order valence-electron chi connectivity index (χ3n) is 5.59. The van der Waals surface area contributed by atoms with E-state index in [1.807, 2.05) is 18.2 Å². The zero-order valence-corrected chi connectivity index (χ0v) is 17.7. The SMILES string of the molecule is CC1(c2cccc(CNC(=O)N3CCO[C@H](c4ccc(Cl)cc4)C3)c2)NC(=O)NC1=O. The van der Waals surface area contributed by atoms with E-state index in [1.54, 1.807) is 42.2 Å². The zero-order chi connectivity index (χ0) is 22.0. The number of hydrogen-bond donors (Lipinski definition) is 3. The van der Waals surface area contributed by atoms with E-state index in [-0.39, 0.29) is 12.1 Å². The van der Waals surface area contributed by atoms with Crippen LogP contribution >= 0.6 is 11.6 Å². The molecule has 5 amide bonds. The van der Waals surface area contributed by atoms with Gasteiger partial charge in [-0.15, -0.1) is 0 Å². The smallest absolute Gasteiger partial charge is 0.322 e. The summed E-state index contributed by atoms with van der Waals surface area (Å²) in [6, 6.07) is 13.9. The molecule has 1 unspecified atom stereocenters. The van der Waals surface area contributed by atoms with Crippen LogP contribution in [0, 0.1) is 0 Å². The summed E-state index contributed by atoms with van der Waals surface area (Å²) in [5.74, 6) is -0.403. The summed E-state index contributed by atoms with van der Waals surface area (Å²) in [4.78, 5) is 38.1. The van der Waals surface area contributed by atoms with E-state index in [0.29, 0.717) is 36.8 Å². The van der Waals surface area contributed by atoms with Crippen LogP contribution < -0.4 is 16.0 Å². The predicted octanol–water partition coefficient (Wildman–Crippen LogP) is 2.68. The molecule has 4 rings (SSSR count). The second kappa shape index (κ2) is 8.56. The maximum Gasteiger partial charge on any atom is 0.322 e. The van der Waals surface area contributed by atoms with Crippen molar-refractivity contribution < 1.29 is 19.1 Å². The number of morpholine rings is 1. The second-order valence-electron chi connectivity index (χ2n) is 7.75. The van der Waals surface area contributed by atoms with Crippen molar-refractivity contribution in [3.05, 3.63) is 70.2 Å². The van der Waals surface area contributed by atoms with Crippen LogP contribution in [0.4, 0.5) is 9.59 Å². The van der Waals surface area contributed by atoms with Crippen LogP contribution in [0.2, 0.25) is 5.02 Å². The van der Waals surface area contributed by atoms with Gasteiger partial charge in [-0.2, -0.15) is 0 Å². The lowest BCUT2D eigenvalue weighted by atomic mass is 9.91. The molecule has 2 fully saturated rings. The molecule has 9 heteroatoms. The Labute approximate surface area is 184 Å². The van der Waals surface area contributed by atoms with Crippen LogP contribution in [-0.4, -0.2) is 42.6 Å². The Hall–Kier alpha value is -3.10. The molecule has 162 valence electrons. The number of carbonyl (C=O) groups is 3. The number of halogens is 1. The molecule has 0 aliphatic carbocycles. The van der Waals surface area contributed by atoms with Crippen molar-refractivity contribution in [2.24, 2.45) is 0 Å². The number of nitrogens with one attached hydrogen (secondary N) is 3. The van der Waals surface area contributed by atoms with E-state index in [1.165, 1.54) is 0 Å². The minimum Gasteiger partial charge on any atom is -0.370 e. The average molecular weight is 443 g/mol. The molecule has 2 aromatic carbocycles. The standard InChI is InChI=1S/C22H23ClN4O4/c1-22(19(28)25-20(29)26-22)16-4-2-3-14(11-16)12-24-21(30)27-9-10-31-18(13-27)15-5-7-17(23)8-6-15/h2-8,11,18H,9-10,12-13H2,1H3,(H,24,30)(H2,25,26,28,29)/t18-,22?/m0/s1. The lowest BCUT2D eigenvalue weighted by Crippen LogP contribution is -2.47. The summed E-state index contributed by atoms with van der Waals surface area (Å²) in [7, 11) is 0. The maximum atomic E-state index is 12.7. The minimum absolute atomic E-state index is 0.189. The first kappa shape index (κ1) is 21.1. The summed E-state index contributed by atoms with van der Waals surface area (Å²) in [6.45, 7) is 3.33. The van der Waals surface area contributed by atoms with Gasteiger partial charge in [0.25, 0.3) is 5.91 Å². The van der Waals surface area contributed by atoms with E-state index in [9.17, 15) is 14.4 Å². The molecule has 0 bridgehead atoms. The van der Waals surface area contributed by atoms with Crippen LogP contribution in [-0.2, 0) is 21.6 Å². The zero-order valence-electron chi connectivity index (χ0n) is 17.0. The number of amides is 5. The molecule has 3 N–H and O–H groups in total. The van der Waals surface area contributed by atoms with Crippen LogP contribution in [0.1, 0.15) is 29.7 Å². The van der Waals surface area contributed by atoms with Gasteiger partial charge in [0.15, 0.2) is 0 Å². The fourth-order valence-corrected chi connectivity index (χ4v) is 3.87. The number of nitrogens with zero attached hydrogens (tertiary/aromatic N) is 1. The van der Waals surface area contributed by atoms with Crippen LogP contribution in [0.15, 0.2) is 48.5 Å². The van der Waals surface area contributed by atoms with E-state index in [2.05, 4.69) is 16.0 Å². The first-order valence-electron chi connectivity index (χ1n) is 9.98. The van der Waals surface area contributed by atoms with Gasteiger partial charge in [-0.3, -0.25) is 10.1 Å². The molecule has 8 nitrogen and oxygen atoms in total. The summed E-state index contributed by atoms with van der Waals surface area (Å²) in [6.07, 6.45) is -0.204. The first-order chi connectivity index (χ1) is 14.8. The van der Waals surface area contributed by atoms with Crippen molar-refractivity contribution in [3.8, 4) is 0 Å². The van der Waals surface area contributed by atoms with Gasteiger partial charge in [0, 0.05) is 18.1 Å². The van der Waals surface area contributed by atoms with E-state index >= 15 is 0 Å². The van der Waals surface area contributed by atoms with Gasteiger partial charge in [0.2, 0.25) is 0 Å². The topological polar surface area (TPSA) is 99.8 Å². The van der Waals surface area contributed by atoms with E-state index in [0.717, 1.165) is 11.1 Å². The first-order valence-corrected chi connectivity index (χ1v) is 10.4. The van der Waals surface area contributed by atoms with Crippen molar-refractivity contribution in [2.75, 3.05) is 19.7 Å². The van der Waals surface area contributed by atoms with Gasteiger partial charge >= 0.3 is 12.1 Å². The molecule has 0 saturated carbocycles. The third kappa shape index (κ3) is 4.50. The summed E-state index contributed by atoms with van der Waals surface area (Å²) < 4.78 is 5.81. The summed E-state index contributed by atoms with van der Waals surface area (Å²) in [5.41, 5.74) is 1.31. The highest BCUT2D eigenvalue weighted by molar-refractivity contribution is 6.30. The van der Waals surface area contributed by atoms with Gasteiger partial charge in [-0.05, 0) is 35.7 Å². The van der Waals surface area contributed by atoms with Crippen molar-refractivity contribution >= 4 is 29.6 Å². The summed E-state index contributed by atoms with van der Waals surface area (Å²) >= 11 is 5.95. The maximum absolute atomic E-state index is 12.7. The lowest BCUT2D eigenvalue weighted by Gasteiger charge is -2.33. The van der Waals surface area contributed by atoms with Gasteiger partial charge in [-0.1, -0.05) is 48.0 Å². The molecule has 2 heterocycles. The lowest BCUT2D eigenvalue weighted by molar-refractivity contribution is -0.123. The molecule has 2 saturated heterocycles. The highest BCUT2D eigenvalue weighted by Crippen LogP contribution is 2.26. The molecule has 31 heavy (non-hydrogen) atoms. The number of rotatable bonds is 4. The van der Waals surface area contributed by atoms with Gasteiger partial charge in [0.1, 0.15) is 11.6 Å². The summed E-state index contributed by atoms with van der Waals surface area (Å²) in [5, 5.41) is 8.48. The number of urea groups is 2. The fraction of sp³-hybridized carbons (Fsp3) is 0.318.